The van der Waals surface area contributed by atoms with Crippen molar-refractivity contribution in [2.45, 2.75) is 12.5 Å². The summed E-state index contributed by atoms with van der Waals surface area (Å²) in [5.41, 5.74) is 0.565. The van der Waals surface area contributed by atoms with Gasteiger partial charge in [-0.15, -0.1) is 13.2 Å². The standard InChI is InChI=1S/C17H14ClF4NO2/c18-14-5-4-10(6-15(14)19)16(11-8-23-9-11)24-12-2-1-3-13(7-12)25-17(20,21)22/h1-7,11,16,23H,8-9H2/t16-/m1/s1. The molecule has 1 N–H and O–H groups in total. The van der Waals surface area contributed by atoms with Crippen LogP contribution in [0.5, 0.6) is 11.5 Å². The van der Waals surface area contributed by atoms with E-state index in [1.807, 2.05) is 0 Å². The smallest absolute Gasteiger partial charge is 0.485 e. The summed E-state index contributed by atoms with van der Waals surface area (Å²) >= 11 is 5.70. The summed E-state index contributed by atoms with van der Waals surface area (Å²) in [5, 5.41) is 3.09. The minimum Gasteiger partial charge on any atom is -0.485 e. The molecule has 1 aliphatic rings. The summed E-state index contributed by atoms with van der Waals surface area (Å²) < 4.78 is 60.6. The van der Waals surface area contributed by atoms with Crippen LogP contribution in [0.3, 0.4) is 0 Å². The molecule has 1 aliphatic heterocycles. The Morgan fingerprint density at radius 2 is 1.80 bits per heavy atom. The Kier molecular flexibility index (Phi) is 5.06. The van der Waals surface area contributed by atoms with Gasteiger partial charge in [0.1, 0.15) is 23.4 Å². The van der Waals surface area contributed by atoms with Crippen LogP contribution in [0.1, 0.15) is 11.7 Å². The van der Waals surface area contributed by atoms with Crippen molar-refractivity contribution in [1.29, 1.82) is 0 Å². The molecule has 8 heteroatoms. The van der Waals surface area contributed by atoms with E-state index in [1.165, 1.54) is 30.3 Å². The molecule has 2 aromatic rings. The fraction of sp³-hybridized carbons (Fsp3) is 0.294. The van der Waals surface area contributed by atoms with Crippen molar-refractivity contribution < 1.29 is 27.0 Å². The first-order chi connectivity index (χ1) is 11.8. The molecule has 0 saturated carbocycles. The Balaban J connectivity index is 1.83. The van der Waals surface area contributed by atoms with Gasteiger partial charge in [-0.3, -0.25) is 0 Å². The number of hydrogen-bond acceptors (Lipinski definition) is 3. The van der Waals surface area contributed by atoms with Crippen molar-refractivity contribution in [3.8, 4) is 11.5 Å². The molecule has 1 atom stereocenters. The highest BCUT2D eigenvalue weighted by Gasteiger charge is 2.32. The number of alkyl halides is 3. The van der Waals surface area contributed by atoms with Gasteiger partial charge in [0, 0.05) is 25.1 Å². The van der Waals surface area contributed by atoms with Crippen LogP contribution in [-0.4, -0.2) is 19.5 Å². The third-order valence-corrected chi connectivity index (χ3v) is 4.12. The molecule has 2 aromatic carbocycles. The zero-order valence-electron chi connectivity index (χ0n) is 12.8. The van der Waals surface area contributed by atoms with Gasteiger partial charge in [0.25, 0.3) is 0 Å². The molecular formula is C17H14ClF4NO2. The van der Waals surface area contributed by atoms with Gasteiger partial charge in [-0.05, 0) is 29.8 Å². The maximum atomic E-state index is 13.8. The fourth-order valence-corrected chi connectivity index (χ4v) is 2.66. The first-order valence-electron chi connectivity index (χ1n) is 7.50. The van der Waals surface area contributed by atoms with Crippen molar-refractivity contribution in [2.24, 2.45) is 5.92 Å². The molecule has 0 aromatic heterocycles. The predicted octanol–water partition coefficient (Wildman–Crippen LogP) is 4.72. The highest BCUT2D eigenvalue weighted by atomic mass is 35.5. The van der Waals surface area contributed by atoms with Gasteiger partial charge in [-0.1, -0.05) is 23.7 Å². The molecule has 0 aliphatic carbocycles. The van der Waals surface area contributed by atoms with Crippen molar-refractivity contribution in [3.63, 3.8) is 0 Å². The van der Waals surface area contributed by atoms with Gasteiger partial charge in [0.15, 0.2) is 0 Å². The summed E-state index contributed by atoms with van der Waals surface area (Å²) in [7, 11) is 0. The number of nitrogens with one attached hydrogen (secondary N) is 1. The highest BCUT2D eigenvalue weighted by molar-refractivity contribution is 6.30. The molecule has 0 radical (unpaired) electrons. The number of rotatable bonds is 5. The molecule has 134 valence electrons. The lowest BCUT2D eigenvalue weighted by Gasteiger charge is -2.35. The molecular weight excluding hydrogens is 362 g/mol. The van der Waals surface area contributed by atoms with Crippen LogP contribution >= 0.6 is 11.6 Å². The third kappa shape index (κ3) is 4.55. The Morgan fingerprint density at radius 1 is 1.08 bits per heavy atom. The molecule has 0 amide bonds. The maximum Gasteiger partial charge on any atom is 0.573 e. The van der Waals surface area contributed by atoms with E-state index in [1.54, 1.807) is 6.07 Å². The van der Waals surface area contributed by atoms with E-state index in [4.69, 9.17) is 16.3 Å². The number of ether oxygens (including phenoxy) is 2. The number of halogens is 5. The predicted molar refractivity (Wildman–Crippen MR) is 84.3 cm³/mol. The lowest BCUT2D eigenvalue weighted by molar-refractivity contribution is -0.274. The highest BCUT2D eigenvalue weighted by Crippen LogP contribution is 2.34. The van der Waals surface area contributed by atoms with E-state index >= 15 is 0 Å². The van der Waals surface area contributed by atoms with Crippen LogP contribution in [-0.2, 0) is 0 Å². The van der Waals surface area contributed by atoms with Crippen LogP contribution in [0.25, 0.3) is 0 Å². The van der Waals surface area contributed by atoms with E-state index in [-0.39, 0.29) is 22.4 Å². The number of benzene rings is 2. The average molecular weight is 376 g/mol. The second-order valence-corrected chi connectivity index (χ2v) is 6.06. The van der Waals surface area contributed by atoms with Crippen molar-refractivity contribution in [1.82, 2.24) is 5.32 Å². The Hall–Kier alpha value is -1.99. The molecule has 3 rings (SSSR count). The van der Waals surface area contributed by atoms with E-state index in [2.05, 4.69) is 10.1 Å². The van der Waals surface area contributed by atoms with Crippen LogP contribution in [0.2, 0.25) is 5.02 Å². The topological polar surface area (TPSA) is 30.5 Å². The maximum absolute atomic E-state index is 13.8. The summed E-state index contributed by atoms with van der Waals surface area (Å²) in [6.45, 7) is 1.32. The van der Waals surface area contributed by atoms with Crippen molar-refractivity contribution >= 4 is 11.6 Å². The van der Waals surface area contributed by atoms with Gasteiger partial charge in [0.2, 0.25) is 0 Å². The lowest BCUT2D eigenvalue weighted by atomic mass is 9.90. The molecule has 3 nitrogen and oxygen atoms in total. The van der Waals surface area contributed by atoms with Crippen molar-refractivity contribution in [3.05, 3.63) is 58.9 Å². The minimum atomic E-state index is -4.78. The van der Waals surface area contributed by atoms with Gasteiger partial charge in [-0.2, -0.15) is 0 Å². The zero-order valence-corrected chi connectivity index (χ0v) is 13.6. The summed E-state index contributed by atoms with van der Waals surface area (Å²) in [5.74, 6) is -0.686. The summed E-state index contributed by atoms with van der Waals surface area (Å²) in [4.78, 5) is 0. The molecule has 1 fully saturated rings. The normalized spacial score (nSPS) is 16.2. The van der Waals surface area contributed by atoms with Gasteiger partial charge in [0.05, 0.1) is 5.02 Å². The molecule has 0 unspecified atom stereocenters. The molecule has 1 saturated heterocycles. The summed E-state index contributed by atoms with van der Waals surface area (Å²) in [6, 6.07) is 9.61. The van der Waals surface area contributed by atoms with E-state index in [0.29, 0.717) is 18.7 Å². The van der Waals surface area contributed by atoms with Gasteiger partial charge >= 0.3 is 6.36 Å². The Bertz CT molecular complexity index is 750. The first kappa shape index (κ1) is 17.8. The summed E-state index contributed by atoms with van der Waals surface area (Å²) in [6.07, 6.45) is -5.30. The second kappa shape index (κ2) is 7.09. The number of hydrogen-bond donors (Lipinski definition) is 1. The zero-order chi connectivity index (χ0) is 18.0. The largest absolute Gasteiger partial charge is 0.573 e. The lowest BCUT2D eigenvalue weighted by Crippen LogP contribution is -2.46. The molecule has 0 bridgehead atoms. The molecule has 0 spiro atoms. The van der Waals surface area contributed by atoms with Crippen LogP contribution in [0.15, 0.2) is 42.5 Å². The quantitative estimate of drug-likeness (QED) is 0.767. The van der Waals surface area contributed by atoms with Crippen LogP contribution in [0, 0.1) is 11.7 Å². The fourth-order valence-electron chi connectivity index (χ4n) is 2.54. The SMILES string of the molecule is Fc1cc([C@@H](Oc2cccc(OC(F)(F)F)c2)C2CNC2)ccc1Cl. The van der Waals surface area contributed by atoms with Gasteiger partial charge < -0.3 is 14.8 Å². The second-order valence-electron chi connectivity index (χ2n) is 5.65. The monoisotopic (exact) mass is 375 g/mol. The first-order valence-corrected chi connectivity index (χ1v) is 7.88. The van der Waals surface area contributed by atoms with Crippen LogP contribution < -0.4 is 14.8 Å². The third-order valence-electron chi connectivity index (χ3n) is 3.82. The molecule has 1 heterocycles. The van der Waals surface area contributed by atoms with E-state index in [9.17, 15) is 17.6 Å². The van der Waals surface area contributed by atoms with E-state index < -0.39 is 18.3 Å². The Labute approximate surface area is 146 Å². The van der Waals surface area contributed by atoms with Crippen molar-refractivity contribution in [2.75, 3.05) is 13.1 Å². The van der Waals surface area contributed by atoms with Gasteiger partial charge in [-0.25, -0.2) is 4.39 Å². The Morgan fingerprint density at radius 3 is 2.40 bits per heavy atom. The average Bonchev–Trinajstić information content (AvgIpc) is 2.46. The molecule has 25 heavy (non-hydrogen) atoms. The van der Waals surface area contributed by atoms with Crippen LogP contribution in [0.4, 0.5) is 17.6 Å². The minimum absolute atomic E-state index is 0.00481. The van der Waals surface area contributed by atoms with E-state index in [0.717, 1.165) is 6.07 Å².